The molecular formula is C19H12N4O6. The first-order valence-electron chi connectivity index (χ1n) is 8.24. The zero-order chi connectivity index (χ0) is 20.5. The van der Waals surface area contributed by atoms with Crippen molar-refractivity contribution in [2.24, 2.45) is 0 Å². The Morgan fingerprint density at radius 1 is 0.966 bits per heavy atom. The molecule has 144 valence electrons. The fourth-order valence-electron chi connectivity index (χ4n) is 2.76. The molecule has 3 N–H and O–H groups in total. The molecule has 0 radical (unpaired) electrons. The number of aromatic nitrogens is 3. The number of aromatic hydroxyl groups is 3. The standard InChI is InChI=1S/C19H12N4O6/c24-14-9-11(8-13(17(14)26)23(27)28)19-21-18(22-29-19)12-6-7-20-15(16(12)25)10-4-2-1-3-5-10/h1-9,24-26H. The van der Waals surface area contributed by atoms with Crippen LogP contribution in [-0.4, -0.2) is 35.4 Å². The average Bonchev–Trinajstić information content (AvgIpc) is 3.20. The van der Waals surface area contributed by atoms with Gasteiger partial charge >= 0.3 is 5.69 Å². The second-order valence-corrected chi connectivity index (χ2v) is 5.97. The van der Waals surface area contributed by atoms with E-state index in [1.54, 1.807) is 24.3 Å². The summed E-state index contributed by atoms with van der Waals surface area (Å²) in [4.78, 5) is 18.5. The molecule has 4 rings (SSSR count). The minimum Gasteiger partial charge on any atom is -0.505 e. The van der Waals surface area contributed by atoms with Crippen LogP contribution in [0.4, 0.5) is 5.69 Å². The molecule has 4 aromatic rings. The Kier molecular flexibility index (Phi) is 4.28. The second kappa shape index (κ2) is 6.93. The number of rotatable bonds is 4. The summed E-state index contributed by atoms with van der Waals surface area (Å²) in [6, 6.07) is 12.6. The van der Waals surface area contributed by atoms with Crippen molar-refractivity contribution in [3.8, 4) is 51.3 Å². The maximum Gasteiger partial charge on any atom is 0.315 e. The van der Waals surface area contributed by atoms with Gasteiger partial charge in [-0.15, -0.1) is 0 Å². The maximum atomic E-state index is 11.0. The fraction of sp³-hybridized carbons (Fsp3) is 0. The molecule has 2 aromatic carbocycles. The van der Waals surface area contributed by atoms with Gasteiger partial charge in [-0.2, -0.15) is 4.98 Å². The summed E-state index contributed by atoms with van der Waals surface area (Å²) in [7, 11) is 0. The molecule has 0 unspecified atom stereocenters. The van der Waals surface area contributed by atoms with Gasteiger partial charge in [0.1, 0.15) is 5.69 Å². The zero-order valence-corrected chi connectivity index (χ0v) is 14.6. The number of phenolic OH excluding ortho intramolecular Hbond substituents is 2. The van der Waals surface area contributed by atoms with Gasteiger partial charge in [-0.25, -0.2) is 0 Å². The van der Waals surface area contributed by atoms with Gasteiger partial charge in [0, 0.05) is 17.8 Å². The number of hydrogen-bond donors (Lipinski definition) is 3. The van der Waals surface area contributed by atoms with Crippen LogP contribution in [0.25, 0.3) is 34.1 Å². The first-order chi connectivity index (χ1) is 14.0. The molecule has 0 amide bonds. The molecule has 0 bridgehead atoms. The topological polar surface area (TPSA) is 156 Å². The predicted molar refractivity (Wildman–Crippen MR) is 100 cm³/mol. The number of nitro groups is 1. The summed E-state index contributed by atoms with van der Waals surface area (Å²) in [6.07, 6.45) is 1.48. The van der Waals surface area contributed by atoms with E-state index < -0.39 is 22.1 Å². The van der Waals surface area contributed by atoms with Gasteiger partial charge < -0.3 is 19.8 Å². The third kappa shape index (κ3) is 3.18. The highest BCUT2D eigenvalue weighted by molar-refractivity contribution is 5.77. The molecule has 0 saturated carbocycles. The first-order valence-corrected chi connectivity index (χ1v) is 8.24. The summed E-state index contributed by atoms with van der Waals surface area (Å²) in [5, 5.41) is 44.8. The predicted octanol–water partition coefficient (Wildman–Crippen LogP) is 3.49. The third-order valence-electron chi connectivity index (χ3n) is 4.15. The monoisotopic (exact) mass is 392 g/mol. The van der Waals surface area contributed by atoms with Gasteiger partial charge in [0.25, 0.3) is 5.89 Å². The summed E-state index contributed by atoms with van der Waals surface area (Å²) >= 11 is 0. The van der Waals surface area contributed by atoms with E-state index in [9.17, 15) is 25.4 Å². The molecule has 0 spiro atoms. The van der Waals surface area contributed by atoms with E-state index in [1.165, 1.54) is 12.3 Å². The van der Waals surface area contributed by atoms with Crippen LogP contribution in [0.1, 0.15) is 0 Å². The highest BCUT2D eigenvalue weighted by Crippen LogP contribution is 2.40. The number of nitrogens with zero attached hydrogens (tertiary/aromatic N) is 4. The molecule has 0 atom stereocenters. The van der Waals surface area contributed by atoms with Crippen molar-refractivity contribution < 1.29 is 24.8 Å². The van der Waals surface area contributed by atoms with Crippen LogP contribution in [0.15, 0.2) is 59.3 Å². The minimum absolute atomic E-state index is 0.0206. The lowest BCUT2D eigenvalue weighted by atomic mass is 10.1. The van der Waals surface area contributed by atoms with Crippen LogP contribution >= 0.6 is 0 Å². The molecule has 0 aliphatic rings. The van der Waals surface area contributed by atoms with E-state index in [2.05, 4.69) is 15.1 Å². The van der Waals surface area contributed by atoms with E-state index in [-0.39, 0.29) is 28.6 Å². The van der Waals surface area contributed by atoms with Gasteiger partial charge in [0.2, 0.25) is 11.6 Å². The second-order valence-electron chi connectivity index (χ2n) is 5.97. The van der Waals surface area contributed by atoms with Gasteiger partial charge in [0.15, 0.2) is 11.5 Å². The van der Waals surface area contributed by atoms with E-state index in [4.69, 9.17) is 4.52 Å². The fourth-order valence-corrected chi connectivity index (χ4v) is 2.76. The van der Waals surface area contributed by atoms with Crippen molar-refractivity contribution in [1.29, 1.82) is 0 Å². The van der Waals surface area contributed by atoms with E-state index in [0.717, 1.165) is 12.1 Å². The minimum atomic E-state index is -0.863. The van der Waals surface area contributed by atoms with Crippen molar-refractivity contribution in [3.63, 3.8) is 0 Å². The Bertz CT molecular complexity index is 1220. The quantitative estimate of drug-likeness (QED) is 0.269. The number of benzene rings is 2. The Hall–Kier alpha value is -4.47. The number of hydrogen-bond acceptors (Lipinski definition) is 9. The molecule has 2 aromatic heterocycles. The maximum absolute atomic E-state index is 11.0. The highest BCUT2D eigenvalue weighted by Gasteiger charge is 2.23. The van der Waals surface area contributed by atoms with Crippen molar-refractivity contribution >= 4 is 5.69 Å². The number of phenols is 2. The molecule has 0 fully saturated rings. The molecular weight excluding hydrogens is 380 g/mol. The smallest absolute Gasteiger partial charge is 0.315 e. The van der Waals surface area contributed by atoms with Gasteiger partial charge in [-0.1, -0.05) is 35.5 Å². The Morgan fingerprint density at radius 3 is 2.45 bits per heavy atom. The SMILES string of the molecule is O=[N+]([O-])c1cc(-c2nc(-c3ccnc(-c4ccccc4)c3O)no2)cc(O)c1O. The summed E-state index contributed by atoms with van der Waals surface area (Å²) in [5.74, 6) is -1.85. The number of pyridine rings is 1. The van der Waals surface area contributed by atoms with Crippen LogP contribution in [0.3, 0.4) is 0 Å². The Morgan fingerprint density at radius 2 is 1.72 bits per heavy atom. The first kappa shape index (κ1) is 17.9. The van der Waals surface area contributed by atoms with Gasteiger partial charge in [0.05, 0.1) is 16.1 Å². The summed E-state index contributed by atoms with van der Waals surface area (Å²) in [6.45, 7) is 0. The highest BCUT2D eigenvalue weighted by atomic mass is 16.6. The van der Waals surface area contributed by atoms with Crippen LogP contribution in [0, 0.1) is 10.1 Å². The average molecular weight is 392 g/mol. The Labute approximate surface area is 162 Å². The molecule has 10 heteroatoms. The van der Waals surface area contributed by atoms with Crippen molar-refractivity contribution in [1.82, 2.24) is 15.1 Å². The molecule has 2 heterocycles. The van der Waals surface area contributed by atoms with Crippen molar-refractivity contribution in [2.75, 3.05) is 0 Å². The molecule has 0 saturated heterocycles. The third-order valence-corrected chi connectivity index (χ3v) is 4.15. The molecule has 0 aliphatic heterocycles. The zero-order valence-electron chi connectivity index (χ0n) is 14.6. The largest absolute Gasteiger partial charge is 0.505 e. The van der Waals surface area contributed by atoms with Crippen molar-refractivity contribution in [3.05, 3.63) is 64.8 Å². The number of nitro benzene ring substituents is 1. The van der Waals surface area contributed by atoms with Crippen LogP contribution in [-0.2, 0) is 0 Å². The van der Waals surface area contributed by atoms with E-state index in [0.29, 0.717) is 11.3 Å². The van der Waals surface area contributed by atoms with Gasteiger partial charge in [-0.05, 0) is 12.1 Å². The van der Waals surface area contributed by atoms with Crippen LogP contribution < -0.4 is 0 Å². The van der Waals surface area contributed by atoms with Crippen molar-refractivity contribution in [2.45, 2.75) is 0 Å². The van der Waals surface area contributed by atoms with Gasteiger partial charge in [-0.3, -0.25) is 15.1 Å². The van der Waals surface area contributed by atoms with Crippen LogP contribution in [0.2, 0.25) is 0 Å². The lowest BCUT2D eigenvalue weighted by Gasteiger charge is -2.06. The molecule has 29 heavy (non-hydrogen) atoms. The summed E-state index contributed by atoms with van der Waals surface area (Å²) in [5.41, 5.74) is 0.578. The van der Waals surface area contributed by atoms with Crippen LogP contribution in [0.5, 0.6) is 17.2 Å². The normalized spacial score (nSPS) is 10.8. The van der Waals surface area contributed by atoms with E-state index >= 15 is 0 Å². The molecule has 0 aliphatic carbocycles. The lowest BCUT2D eigenvalue weighted by molar-refractivity contribution is -0.385. The lowest BCUT2D eigenvalue weighted by Crippen LogP contribution is -1.91. The van der Waals surface area contributed by atoms with E-state index in [1.807, 2.05) is 6.07 Å². The summed E-state index contributed by atoms with van der Waals surface area (Å²) < 4.78 is 5.13. The molecule has 10 nitrogen and oxygen atoms in total. The Balaban J connectivity index is 1.77.